The molecule has 19 heavy (non-hydrogen) atoms. The molecule has 2 heteroatoms. The molecule has 0 spiro atoms. The Morgan fingerprint density at radius 3 is 2.79 bits per heavy atom. The minimum atomic E-state index is 0.275. The molecule has 1 N–H and O–H groups in total. The van der Waals surface area contributed by atoms with Crippen molar-refractivity contribution in [2.75, 3.05) is 13.1 Å². The number of benzene rings is 1. The average molecular weight is 257 g/mol. The van der Waals surface area contributed by atoms with E-state index in [-0.39, 0.29) is 5.92 Å². The second-order valence-corrected chi connectivity index (χ2v) is 6.19. The first kappa shape index (κ1) is 12.9. The Balaban J connectivity index is 1.73. The van der Waals surface area contributed by atoms with Crippen LogP contribution in [0.25, 0.3) is 0 Å². The molecule has 3 rings (SSSR count). The maximum Gasteiger partial charge on any atom is 0.166 e. The van der Waals surface area contributed by atoms with Crippen LogP contribution < -0.4 is 5.32 Å². The lowest BCUT2D eigenvalue weighted by Crippen LogP contribution is -2.31. The van der Waals surface area contributed by atoms with Crippen molar-refractivity contribution < 1.29 is 4.79 Å². The monoisotopic (exact) mass is 257 g/mol. The van der Waals surface area contributed by atoms with E-state index in [1.807, 2.05) is 0 Å². The fourth-order valence-corrected chi connectivity index (χ4v) is 3.56. The number of ketones is 1. The summed E-state index contributed by atoms with van der Waals surface area (Å²) < 4.78 is 0. The molecule has 2 nitrogen and oxygen atoms in total. The normalized spacial score (nSPS) is 24.3. The molecule has 0 amide bonds. The summed E-state index contributed by atoms with van der Waals surface area (Å²) in [6.45, 7) is 4.33. The molecule has 1 saturated heterocycles. The lowest BCUT2D eigenvalue weighted by molar-refractivity contribution is 0.0873. The van der Waals surface area contributed by atoms with Gasteiger partial charge < -0.3 is 5.32 Å². The molecule has 1 atom stereocenters. The molecule has 1 aliphatic heterocycles. The summed E-state index contributed by atoms with van der Waals surface area (Å²) in [5.41, 5.74) is 3.47. The molecule has 0 aromatic heterocycles. The smallest absolute Gasteiger partial charge is 0.166 e. The number of rotatable bonds is 2. The van der Waals surface area contributed by atoms with Gasteiger partial charge in [-0.1, -0.05) is 17.7 Å². The quantitative estimate of drug-likeness (QED) is 0.882. The van der Waals surface area contributed by atoms with Crippen molar-refractivity contribution in [3.63, 3.8) is 0 Å². The average Bonchev–Trinajstić information content (AvgIpc) is 2.44. The van der Waals surface area contributed by atoms with Gasteiger partial charge in [-0.3, -0.25) is 4.79 Å². The number of hydrogen-bond acceptors (Lipinski definition) is 2. The molecule has 0 saturated carbocycles. The van der Waals surface area contributed by atoms with E-state index < -0.39 is 0 Å². The van der Waals surface area contributed by atoms with Gasteiger partial charge in [0, 0.05) is 11.5 Å². The third kappa shape index (κ3) is 2.74. The van der Waals surface area contributed by atoms with Crippen molar-refractivity contribution in [2.45, 2.75) is 39.0 Å². The van der Waals surface area contributed by atoms with Crippen LogP contribution in [0.1, 0.15) is 47.2 Å². The summed E-state index contributed by atoms with van der Waals surface area (Å²) in [5, 5.41) is 3.40. The van der Waals surface area contributed by atoms with Gasteiger partial charge in [0.15, 0.2) is 5.78 Å². The highest BCUT2D eigenvalue weighted by Crippen LogP contribution is 2.32. The van der Waals surface area contributed by atoms with Gasteiger partial charge in [0.25, 0.3) is 0 Å². The zero-order valence-corrected chi connectivity index (χ0v) is 11.7. The number of piperidine rings is 1. The first-order chi connectivity index (χ1) is 9.24. The first-order valence-electron chi connectivity index (χ1n) is 7.58. The van der Waals surface area contributed by atoms with Gasteiger partial charge in [0.05, 0.1) is 0 Å². The molecule has 1 aromatic rings. The summed E-state index contributed by atoms with van der Waals surface area (Å²) in [6.07, 6.45) is 5.72. The predicted molar refractivity (Wildman–Crippen MR) is 77.5 cm³/mol. The van der Waals surface area contributed by atoms with Gasteiger partial charge in [0.1, 0.15) is 0 Å². The maximum absolute atomic E-state index is 12.6. The summed E-state index contributed by atoms with van der Waals surface area (Å²) >= 11 is 0. The summed E-state index contributed by atoms with van der Waals surface area (Å²) in [5.74, 6) is 1.43. The molecular formula is C17H23NO. The van der Waals surface area contributed by atoms with Crippen molar-refractivity contribution in [1.29, 1.82) is 0 Å². The van der Waals surface area contributed by atoms with E-state index >= 15 is 0 Å². The molecule has 1 unspecified atom stereocenters. The van der Waals surface area contributed by atoms with Crippen molar-refractivity contribution in [1.82, 2.24) is 5.32 Å². The highest BCUT2D eigenvalue weighted by molar-refractivity contribution is 6.00. The van der Waals surface area contributed by atoms with E-state index in [9.17, 15) is 4.79 Å². The number of Topliss-reactive ketones (excluding diaryl/α,β-unsaturated/α-hetero) is 1. The number of nitrogens with one attached hydrogen (secondary N) is 1. The fraction of sp³-hybridized carbons (Fsp3) is 0.588. The molecule has 1 aromatic carbocycles. The second kappa shape index (κ2) is 5.46. The van der Waals surface area contributed by atoms with Gasteiger partial charge in [-0.05, 0) is 69.7 Å². The Hall–Kier alpha value is -1.15. The number of carbonyl (C=O) groups excluding carboxylic acids is 1. The summed E-state index contributed by atoms with van der Waals surface area (Å²) in [6, 6.07) is 6.36. The molecule has 0 bridgehead atoms. The Bertz CT molecular complexity index is 474. The lowest BCUT2D eigenvalue weighted by Gasteiger charge is -2.29. The minimum absolute atomic E-state index is 0.275. The number of fused-ring (bicyclic) bond motifs is 1. The third-order valence-corrected chi connectivity index (χ3v) is 4.74. The summed E-state index contributed by atoms with van der Waals surface area (Å²) in [4.78, 5) is 12.6. The highest BCUT2D eigenvalue weighted by atomic mass is 16.1. The van der Waals surface area contributed by atoms with Crippen LogP contribution in [0.15, 0.2) is 18.2 Å². The van der Waals surface area contributed by atoms with E-state index in [1.54, 1.807) is 0 Å². The van der Waals surface area contributed by atoms with Crippen LogP contribution in [0.2, 0.25) is 0 Å². The molecule has 2 aliphatic rings. The SMILES string of the molecule is Cc1ccc2c(c1)C(=O)C(CC1CCNCC1)CC2. The van der Waals surface area contributed by atoms with Gasteiger partial charge >= 0.3 is 0 Å². The molecular weight excluding hydrogens is 234 g/mol. The van der Waals surface area contributed by atoms with Crippen LogP contribution in [-0.4, -0.2) is 18.9 Å². The van der Waals surface area contributed by atoms with Crippen molar-refractivity contribution in [3.05, 3.63) is 34.9 Å². The molecule has 1 heterocycles. The van der Waals surface area contributed by atoms with Gasteiger partial charge in [-0.2, -0.15) is 0 Å². The van der Waals surface area contributed by atoms with Crippen molar-refractivity contribution in [3.8, 4) is 0 Å². The highest BCUT2D eigenvalue weighted by Gasteiger charge is 2.29. The maximum atomic E-state index is 12.6. The largest absolute Gasteiger partial charge is 0.317 e. The zero-order chi connectivity index (χ0) is 13.2. The first-order valence-corrected chi connectivity index (χ1v) is 7.58. The zero-order valence-electron chi connectivity index (χ0n) is 11.7. The number of hydrogen-bond donors (Lipinski definition) is 1. The molecule has 1 aliphatic carbocycles. The molecule has 1 fully saturated rings. The van der Waals surface area contributed by atoms with Crippen LogP contribution in [0.5, 0.6) is 0 Å². The van der Waals surface area contributed by atoms with Crippen LogP contribution >= 0.6 is 0 Å². The Morgan fingerprint density at radius 2 is 2.00 bits per heavy atom. The standard InChI is InChI=1S/C17H23NO/c1-12-2-3-14-4-5-15(17(19)16(14)10-12)11-13-6-8-18-9-7-13/h2-3,10,13,15,18H,4-9,11H2,1H3. The van der Waals surface area contributed by atoms with E-state index in [1.165, 1.54) is 24.0 Å². The number of aryl methyl sites for hydroxylation is 2. The van der Waals surface area contributed by atoms with Crippen LogP contribution in [0.4, 0.5) is 0 Å². The fourth-order valence-electron chi connectivity index (χ4n) is 3.56. The second-order valence-electron chi connectivity index (χ2n) is 6.19. The van der Waals surface area contributed by atoms with Gasteiger partial charge in [-0.25, -0.2) is 0 Å². The number of carbonyl (C=O) groups is 1. The van der Waals surface area contributed by atoms with E-state index in [0.29, 0.717) is 5.78 Å². The Kier molecular flexibility index (Phi) is 3.69. The Labute approximate surface area is 115 Å². The van der Waals surface area contributed by atoms with E-state index in [0.717, 1.165) is 43.8 Å². The summed E-state index contributed by atoms with van der Waals surface area (Å²) in [7, 11) is 0. The van der Waals surface area contributed by atoms with Crippen molar-refractivity contribution >= 4 is 5.78 Å². The van der Waals surface area contributed by atoms with Gasteiger partial charge in [0.2, 0.25) is 0 Å². The lowest BCUT2D eigenvalue weighted by atomic mass is 9.76. The Morgan fingerprint density at radius 1 is 1.21 bits per heavy atom. The topological polar surface area (TPSA) is 29.1 Å². The minimum Gasteiger partial charge on any atom is -0.317 e. The van der Waals surface area contributed by atoms with Gasteiger partial charge in [-0.15, -0.1) is 0 Å². The molecule has 102 valence electrons. The van der Waals surface area contributed by atoms with Crippen molar-refractivity contribution in [2.24, 2.45) is 11.8 Å². The predicted octanol–water partition coefficient (Wildman–Crippen LogP) is 3.13. The van der Waals surface area contributed by atoms with Crippen LogP contribution in [-0.2, 0) is 6.42 Å². The van der Waals surface area contributed by atoms with Crippen LogP contribution in [0, 0.1) is 18.8 Å². The van der Waals surface area contributed by atoms with Crippen LogP contribution in [0.3, 0.4) is 0 Å². The van der Waals surface area contributed by atoms with E-state index in [4.69, 9.17) is 0 Å². The third-order valence-electron chi connectivity index (χ3n) is 4.74. The molecule has 0 radical (unpaired) electrons. The van der Waals surface area contributed by atoms with E-state index in [2.05, 4.69) is 30.4 Å².